The molecule has 0 fully saturated rings. The second-order valence-corrected chi connectivity index (χ2v) is 6.51. The Morgan fingerprint density at radius 1 is 0.808 bits per heavy atom. The molecule has 0 saturated heterocycles. The molecule has 2 aromatic carbocycles. The van der Waals surface area contributed by atoms with Gasteiger partial charge in [-0.15, -0.1) is 0 Å². The zero-order valence-corrected chi connectivity index (χ0v) is 15.8. The van der Waals surface area contributed by atoms with Gasteiger partial charge in [-0.05, 0) is 42.5 Å². The van der Waals surface area contributed by atoms with Crippen LogP contribution in [-0.2, 0) is 9.53 Å². The Balaban J connectivity index is 1.53. The van der Waals surface area contributed by atoms with Crippen molar-refractivity contribution in [3.8, 4) is 16.9 Å². The minimum Gasteiger partial charge on any atom is -0.468 e. The normalized spacial score (nSPS) is 10.7. The number of rotatable bonds is 13. The Morgan fingerprint density at radius 3 is 2.23 bits per heavy atom. The smallest absolute Gasteiger partial charge is 0.189 e. The zero-order valence-electron chi connectivity index (χ0n) is 15.8. The molecule has 0 aliphatic carbocycles. The average Bonchev–Trinajstić information content (AvgIpc) is 2.69. The van der Waals surface area contributed by atoms with Gasteiger partial charge in [0.2, 0.25) is 0 Å². The van der Waals surface area contributed by atoms with Crippen LogP contribution in [0.1, 0.15) is 51.9 Å². The summed E-state index contributed by atoms with van der Waals surface area (Å²) < 4.78 is 11.1. The Bertz CT molecular complexity index is 620. The van der Waals surface area contributed by atoms with Crippen LogP contribution in [0.5, 0.6) is 5.75 Å². The number of ketones is 1. The second-order valence-electron chi connectivity index (χ2n) is 6.51. The molecule has 0 amide bonds. The van der Waals surface area contributed by atoms with Gasteiger partial charge >= 0.3 is 0 Å². The fraction of sp³-hybridized carbons (Fsp3) is 0.435. The lowest BCUT2D eigenvalue weighted by Crippen LogP contribution is -2.04. The number of Topliss-reactive ketones (excluding diaryl/α,β-unsaturated/α-hetero) is 1. The van der Waals surface area contributed by atoms with Crippen LogP contribution in [-0.4, -0.2) is 19.2 Å². The van der Waals surface area contributed by atoms with Gasteiger partial charge in [0.25, 0.3) is 0 Å². The summed E-state index contributed by atoms with van der Waals surface area (Å²) in [5.41, 5.74) is 2.37. The summed E-state index contributed by atoms with van der Waals surface area (Å²) in [7, 11) is 0. The van der Waals surface area contributed by atoms with Gasteiger partial charge in [0, 0.05) is 12.8 Å². The summed E-state index contributed by atoms with van der Waals surface area (Å²) >= 11 is 0. The van der Waals surface area contributed by atoms with Crippen molar-refractivity contribution in [2.75, 3.05) is 13.4 Å². The highest BCUT2D eigenvalue weighted by Gasteiger charge is 2.01. The fourth-order valence-electron chi connectivity index (χ4n) is 2.74. The van der Waals surface area contributed by atoms with E-state index in [0.717, 1.165) is 44.3 Å². The fourth-order valence-corrected chi connectivity index (χ4v) is 2.74. The van der Waals surface area contributed by atoms with Crippen molar-refractivity contribution in [3.05, 3.63) is 54.6 Å². The van der Waals surface area contributed by atoms with Crippen LogP contribution in [0, 0.1) is 0 Å². The largest absolute Gasteiger partial charge is 0.468 e. The predicted octanol–water partition coefficient (Wildman–Crippen LogP) is 6.03. The maximum absolute atomic E-state index is 11.6. The molecule has 26 heavy (non-hydrogen) atoms. The number of benzene rings is 2. The van der Waals surface area contributed by atoms with Gasteiger partial charge in [-0.25, -0.2) is 0 Å². The van der Waals surface area contributed by atoms with Gasteiger partial charge in [-0.3, -0.25) is 4.79 Å². The number of ether oxygens (including phenoxy) is 2. The van der Waals surface area contributed by atoms with Crippen LogP contribution in [0.25, 0.3) is 11.1 Å². The topological polar surface area (TPSA) is 35.5 Å². The van der Waals surface area contributed by atoms with E-state index in [9.17, 15) is 4.79 Å². The third kappa shape index (κ3) is 7.83. The quantitative estimate of drug-likeness (QED) is 0.325. The molecular weight excluding hydrogens is 324 g/mol. The number of unbranched alkanes of at least 4 members (excludes halogenated alkanes) is 3. The van der Waals surface area contributed by atoms with Gasteiger partial charge in [0.05, 0.1) is 6.61 Å². The molecule has 0 unspecified atom stereocenters. The van der Waals surface area contributed by atoms with Crippen molar-refractivity contribution < 1.29 is 14.3 Å². The molecule has 0 N–H and O–H groups in total. The van der Waals surface area contributed by atoms with Crippen molar-refractivity contribution in [1.82, 2.24) is 0 Å². The van der Waals surface area contributed by atoms with E-state index >= 15 is 0 Å². The molecule has 0 radical (unpaired) electrons. The molecule has 0 spiro atoms. The molecule has 3 nitrogen and oxygen atoms in total. The molecule has 0 aromatic heterocycles. The molecule has 0 atom stereocenters. The minimum atomic E-state index is 0.264. The second kappa shape index (κ2) is 12.3. The van der Waals surface area contributed by atoms with Gasteiger partial charge in [0.15, 0.2) is 6.79 Å². The number of carbonyl (C=O) groups is 1. The van der Waals surface area contributed by atoms with E-state index < -0.39 is 0 Å². The SMILES string of the molecule is CCCCC(=O)CCCCCOCOc1ccc(-c2ccccc2)cc1. The van der Waals surface area contributed by atoms with Crippen LogP contribution < -0.4 is 4.74 Å². The number of carbonyl (C=O) groups excluding carboxylic acids is 1. The summed E-state index contributed by atoms with van der Waals surface area (Å²) in [5.74, 6) is 1.21. The van der Waals surface area contributed by atoms with Crippen molar-refractivity contribution in [1.29, 1.82) is 0 Å². The van der Waals surface area contributed by atoms with E-state index in [1.807, 2.05) is 30.3 Å². The monoisotopic (exact) mass is 354 g/mol. The molecule has 0 aliphatic rings. The first-order chi connectivity index (χ1) is 12.8. The van der Waals surface area contributed by atoms with E-state index in [0.29, 0.717) is 18.8 Å². The molecule has 0 heterocycles. The average molecular weight is 354 g/mol. The van der Waals surface area contributed by atoms with E-state index in [2.05, 4.69) is 31.2 Å². The van der Waals surface area contributed by atoms with E-state index in [4.69, 9.17) is 9.47 Å². The van der Waals surface area contributed by atoms with Crippen LogP contribution in [0.3, 0.4) is 0 Å². The van der Waals surface area contributed by atoms with Gasteiger partial charge in [-0.2, -0.15) is 0 Å². The Kier molecular flexibility index (Phi) is 9.52. The highest BCUT2D eigenvalue weighted by atomic mass is 16.7. The molecule has 3 heteroatoms. The van der Waals surface area contributed by atoms with Crippen molar-refractivity contribution in [2.24, 2.45) is 0 Å². The molecule has 0 bridgehead atoms. The minimum absolute atomic E-state index is 0.264. The summed E-state index contributed by atoms with van der Waals surface area (Å²) in [6, 6.07) is 18.3. The lowest BCUT2D eigenvalue weighted by atomic mass is 10.1. The molecule has 0 saturated carbocycles. The predicted molar refractivity (Wildman–Crippen MR) is 106 cm³/mol. The van der Waals surface area contributed by atoms with Crippen LogP contribution in [0.2, 0.25) is 0 Å². The lowest BCUT2D eigenvalue weighted by molar-refractivity contribution is -0.119. The Morgan fingerprint density at radius 2 is 1.50 bits per heavy atom. The van der Waals surface area contributed by atoms with Crippen LogP contribution >= 0.6 is 0 Å². The first-order valence-corrected chi connectivity index (χ1v) is 9.67. The van der Waals surface area contributed by atoms with Crippen molar-refractivity contribution in [3.63, 3.8) is 0 Å². The van der Waals surface area contributed by atoms with Crippen molar-refractivity contribution >= 4 is 5.78 Å². The van der Waals surface area contributed by atoms with Gasteiger partial charge in [0.1, 0.15) is 11.5 Å². The van der Waals surface area contributed by atoms with Gasteiger partial charge in [-0.1, -0.05) is 62.2 Å². The molecule has 0 aliphatic heterocycles. The Hall–Kier alpha value is -2.13. The Labute approximate surface area is 157 Å². The van der Waals surface area contributed by atoms with E-state index in [1.54, 1.807) is 0 Å². The van der Waals surface area contributed by atoms with Gasteiger partial charge < -0.3 is 9.47 Å². The molecule has 2 rings (SSSR count). The summed E-state index contributed by atoms with van der Waals surface area (Å²) in [6.45, 7) is 3.05. The summed E-state index contributed by atoms with van der Waals surface area (Å²) in [4.78, 5) is 11.6. The van der Waals surface area contributed by atoms with Crippen LogP contribution in [0.4, 0.5) is 0 Å². The lowest BCUT2D eigenvalue weighted by Gasteiger charge is -2.08. The maximum Gasteiger partial charge on any atom is 0.189 e. The van der Waals surface area contributed by atoms with E-state index in [1.165, 1.54) is 11.1 Å². The van der Waals surface area contributed by atoms with Crippen LogP contribution in [0.15, 0.2) is 54.6 Å². The van der Waals surface area contributed by atoms with Crippen molar-refractivity contribution in [2.45, 2.75) is 51.9 Å². The summed E-state index contributed by atoms with van der Waals surface area (Å²) in [6.07, 6.45) is 6.53. The molecular formula is C23H30O3. The molecule has 140 valence electrons. The first-order valence-electron chi connectivity index (χ1n) is 9.67. The third-order valence-electron chi connectivity index (χ3n) is 4.32. The highest BCUT2D eigenvalue weighted by molar-refractivity contribution is 5.78. The number of hydrogen-bond acceptors (Lipinski definition) is 3. The maximum atomic E-state index is 11.6. The van der Waals surface area contributed by atoms with E-state index in [-0.39, 0.29) is 6.79 Å². The number of hydrogen-bond donors (Lipinski definition) is 0. The third-order valence-corrected chi connectivity index (χ3v) is 4.32. The highest BCUT2D eigenvalue weighted by Crippen LogP contribution is 2.22. The summed E-state index contributed by atoms with van der Waals surface area (Å²) in [5, 5.41) is 0. The standard InChI is InChI=1S/C23H30O3/c1-2-3-12-22(24)13-8-5-9-18-25-19-26-23-16-14-21(15-17-23)20-10-6-4-7-11-20/h4,6-7,10-11,14-17H,2-3,5,8-9,12-13,18-19H2,1H3. The zero-order chi connectivity index (χ0) is 18.5. The molecule has 2 aromatic rings. The first kappa shape index (κ1) is 20.2.